The van der Waals surface area contributed by atoms with Gasteiger partial charge < -0.3 is 9.26 Å². The van der Waals surface area contributed by atoms with E-state index in [-0.39, 0.29) is 0 Å². The van der Waals surface area contributed by atoms with Gasteiger partial charge in [0.25, 0.3) is 0 Å². The topological polar surface area (TPSA) is 91.2 Å². The molecule has 0 fully saturated rings. The van der Waals surface area contributed by atoms with E-state index in [4.69, 9.17) is 9.26 Å². The fraction of sp³-hybridized carbons (Fsp3) is 0.0455. The molecular weight excluding hydrogens is 412 g/mol. The van der Waals surface area contributed by atoms with Crippen molar-refractivity contribution in [2.75, 3.05) is 0 Å². The first-order valence-corrected chi connectivity index (χ1v) is 10.4. The zero-order valence-electron chi connectivity index (χ0n) is 16.0. The van der Waals surface area contributed by atoms with Gasteiger partial charge >= 0.3 is 0 Å². The third-order valence-corrected chi connectivity index (χ3v) is 5.70. The van der Waals surface area contributed by atoms with Crippen LogP contribution in [0.1, 0.15) is 5.69 Å². The number of aromatic nitrogens is 6. The zero-order valence-corrected chi connectivity index (χ0v) is 16.9. The van der Waals surface area contributed by atoms with Crippen LogP contribution in [0, 0.1) is 0 Å². The largest absolute Gasteiger partial charge is 0.470 e. The number of benzene rings is 1. The van der Waals surface area contributed by atoms with Gasteiger partial charge in [0, 0.05) is 23.0 Å². The Morgan fingerprint density at radius 1 is 0.968 bits per heavy atom. The average Bonchev–Trinajstić information content (AvgIpc) is 3.58. The highest BCUT2D eigenvalue weighted by molar-refractivity contribution is 7.13. The molecule has 5 heterocycles. The van der Waals surface area contributed by atoms with Crippen molar-refractivity contribution in [1.82, 2.24) is 30.0 Å². The van der Waals surface area contributed by atoms with Gasteiger partial charge in [0.1, 0.15) is 6.61 Å². The van der Waals surface area contributed by atoms with E-state index < -0.39 is 0 Å². The third kappa shape index (κ3) is 3.11. The van der Waals surface area contributed by atoms with Crippen molar-refractivity contribution in [2.24, 2.45) is 0 Å². The lowest BCUT2D eigenvalue weighted by Crippen LogP contribution is -2.04. The Hall–Kier alpha value is -4.11. The van der Waals surface area contributed by atoms with Crippen LogP contribution >= 0.6 is 11.3 Å². The molecule has 0 saturated heterocycles. The van der Waals surface area contributed by atoms with E-state index in [2.05, 4.69) is 25.4 Å². The van der Waals surface area contributed by atoms with Gasteiger partial charge in [0.2, 0.25) is 11.7 Å². The van der Waals surface area contributed by atoms with Crippen molar-refractivity contribution < 1.29 is 9.26 Å². The van der Waals surface area contributed by atoms with Gasteiger partial charge in [-0.15, -0.1) is 26.6 Å². The van der Waals surface area contributed by atoms with Crippen LogP contribution in [0.4, 0.5) is 0 Å². The van der Waals surface area contributed by atoms with Crippen molar-refractivity contribution in [3.8, 4) is 28.0 Å². The molecule has 5 aromatic heterocycles. The Balaban J connectivity index is 1.46. The molecular formula is C22H14N6O2S. The fourth-order valence-electron chi connectivity index (χ4n) is 3.36. The first-order chi connectivity index (χ1) is 15.4. The number of ether oxygens (including phenoxy) is 1. The molecule has 0 amide bonds. The van der Waals surface area contributed by atoms with Gasteiger partial charge in [-0.3, -0.25) is 4.98 Å². The third-order valence-electron chi connectivity index (χ3n) is 4.82. The van der Waals surface area contributed by atoms with Crippen molar-refractivity contribution in [3.63, 3.8) is 0 Å². The lowest BCUT2D eigenvalue weighted by atomic mass is 10.2. The van der Waals surface area contributed by atoms with E-state index in [0.29, 0.717) is 35.4 Å². The highest BCUT2D eigenvalue weighted by Crippen LogP contribution is 2.31. The maximum absolute atomic E-state index is 6.05. The number of thiophene rings is 1. The lowest BCUT2D eigenvalue weighted by molar-refractivity contribution is 0.289. The van der Waals surface area contributed by atoms with Gasteiger partial charge in [-0.05, 0) is 29.6 Å². The minimum absolute atomic E-state index is 0.299. The molecule has 0 spiro atoms. The molecule has 6 rings (SSSR count). The quantitative estimate of drug-likeness (QED) is 0.397. The standard InChI is InChI=1S/C22H14N6O2S/c1-2-8-16-15(7-1)20-24-25-21(17-12-18(30-27-17)19-9-5-11-31-19)28(20)26-22(16)29-13-14-6-3-4-10-23-14/h1-12H,13H2. The Morgan fingerprint density at radius 3 is 2.71 bits per heavy atom. The van der Waals surface area contributed by atoms with Crippen LogP contribution in [-0.2, 0) is 6.61 Å². The van der Waals surface area contributed by atoms with Crippen molar-refractivity contribution in [2.45, 2.75) is 6.61 Å². The normalized spacial score (nSPS) is 11.4. The minimum Gasteiger partial charge on any atom is -0.470 e. The van der Waals surface area contributed by atoms with Gasteiger partial charge in [-0.2, -0.15) is 4.52 Å². The minimum atomic E-state index is 0.299. The summed E-state index contributed by atoms with van der Waals surface area (Å²) in [5, 5.41) is 21.3. The highest BCUT2D eigenvalue weighted by atomic mass is 32.1. The van der Waals surface area contributed by atoms with Crippen LogP contribution in [0.5, 0.6) is 5.88 Å². The number of nitrogens with zero attached hydrogens (tertiary/aromatic N) is 6. The summed E-state index contributed by atoms with van der Waals surface area (Å²) in [6, 6.07) is 19.3. The van der Waals surface area contributed by atoms with Crippen LogP contribution in [0.25, 0.3) is 38.6 Å². The molecule has 0 saturated carbocycles. The SMILES string of the molecule is c1ccc(COc2nn3c(-c4cc(-c5cccs5)on4)nnc3c3ccccc23)nc1. The maximum Gasteiger partial charge on any atom is 0.240 e. The number of rotatable bonds is 5. The van der Waals surface area contributed by atoms with Crippen molar-refractivity contribution in [3.05, 3.63) is 77.9 Å². The molecule has 1 aromatic carbocycles. The predicted molar refractivity (Wildman–Crippen MR) is 116 cm³/mol. The van der Waals surface area contributed by atoms with Gasteiger partial charge in [-0.1, -0.05) is 35.5 Å². The summed E-state index contributed by atoms with van der Waals surface area (Å²) in [6.45, 7) is 0.299. The predicted octanol–water partition coefficient (Wildman–Crippen LogP) is 4.64. The molecule has 0 bridgehead atoms. The molecule has 0 unspecified atom stereocenters. The summed E-state index contributed by atoms with van der Waals surface area (Å²) in [4.78, 5) is 5.30. The van der Waals surface area contributed by atoms with E-state index in [1.54, 1.807) is 22.0 Å². The Bertz CT molecular complexity index is 1490. The molecule has 0 radical (unpaired) electrons. The second-order valence-corrected chi connectivity index (χ2v) is 7.72. The first-order valence-electron chi connectivity index (χ1n) is 9.55. The molecule has 0 aliphatic carbocycles. The van der Waals surface area contributed by atoms with E-state index in [1.165, 1.54) is 0 Å². The van der Waals surface area contributed by atoms with Crippen LogP contribution in [0.3, 0.4) is 0 Å². The average molecular weight is 426 g/mol. The number of hydrogen-bond donors (Lipinski definition) is 0. The molecule has 8 nitrogen and oxygen atoms in total. The zero-order chi connectivity index (χ0) is 20.6. The second kappa shape index (κ2) is 7.29. The Labute approximate surface area is 179 Å². The van der Waals surface area contributed by atoms with E-state index in [1.807, 2.05) is 66.0 Å². The molecule has 31 heavy (non-hydrogen) atoms. The second-order valence-electron chi connectivity index (χ2n) is 6.77. The van der Waals surface area contributed by atoms with Crippen molar-refractivity contribution in [1.29, 1.82) is 0 Å². The number of fused-ring (bicyclic) bond motifs is 3. The number of hydrogen-bond acceptors (Lipinski definition) is 8. The van der Waals surface area contributed by atoms with Gasteiger partial charge in [-0.25, -0.2) is 0 Å². The smallest absolute Gasteiger partial charge is 0.240 e. The molecule has 0 aliphatic rings. The molecule has 0 aliphatic heterocycles. The van der Waals surface area contributed by atoms with Crippen molar-refractivity contribution >= 4 is 27.8 Å². The molecule has 0 atom stereocenters. The van der Waals surface area contributed by atoms with Crippen LogP contribution in [0.15, 0.2) is 76.8 Å². The Morgan fingerprint density at radius 2 is 1.87 bits per heavy atom. The Kier molecular flexibility index (Phi) is 4.17. The highest BCUT2D eigenvalue weighted by Gasteiger charge is 2.19. The van der Waals surface area contributed by atoms with Gasteiger partial charge in [0.15, 0.2) is 17.1 Å². The van der Waals surface area contributed by atoms with E-state index in [0.717, 1.165) is 21.3 Å². The summed E-state index contributed by atoms with van der Waals surface area (Å²) < 4.78 is 13.2. The first kappa shape index (κ1) is 17.7. The van der Waals surface area contributed by atoms with Crippen LogP contribution < -0.4 is 4.74 Å². The van der Waals surface area contributed by atoms with Crippen LogP contribution in [0.2, 0.25) is 0 Å². The number of pyridine rings is 1. The fourth-order valence-corrected chi connectivity index (χ4v) is 4.03. The summed E-state index contributed by atoms with van der Waals surface area (Å²) >= 11 is 1.58. The summed E-state index contributed by atoms with van der Waals surface area (Å²) in [7, 11) is 0. The van der Waals surface area contributed by atoms with Gasteiger partial charge in [0.05, 0.1) is 10.6 Å². The molecule has 0 N–H and O–H groups in total. The maximum atomic E-state index is 6.05. The summed E-state index contributed by atoms with van der Waals surface area (Å²) in [5.74, 6) is 1.63. The molecule has 150 valence electrons. The lowest BCUT2D eigenvalue weighted by Gasteiger charge is -2.09. The molecule has 6 aromatic rings. The monoisotopic (exact) mass is 426 g/mol. The van der Waals surface area contributed by atoms with E-state index >= 15 is 0 Å². The van der Waals surface area contributed by atoms with E-state index in [9.17, 15) is 0 Å². The van der Waals surface area contributed by atoms with Crippen LogP contribution in [-0.4, -0.2) is 30.0 Å². The summed E-state index contributed by atoms with van der Waals surface area (Å²) in [6.07, 6.45) is 1.74. The molecule has 9 heteroatoms. The summed E-state index contributed by atoms with van der Waals surface area (Å²) in [5.41, 5.74) is 1.99.